The van der Waals surface area contributed by atoms with Crippen molar-refractivity contribution in [2.45, 2.75) is 0 Å². The van der Waals surface area contributed by atoms with Crippen LogP contribution in [0.25, 0.3) is 0 Å². The van der Waals surface area contributed by atoms with E-state index in [9.17, 15) is 4.79 Å². The van der Waals surface area contributed by atoms with E-state index >= 15 is 0 Å². The van der Waals surface area contributed by atoms with Gasteiger partial charge >= 0.3 is 0 Å². The number of carbonyl (C=O) groups excluding carboxylic acids is 1. The molecule has 10 heavy (non-hydrogen) atoms. The fourth-order valence-corrected chi connectivity index (χ4v) is 0.697. The second-order valence-electron chi connectivity index (χ2n) is 1.78. The lowest BCUT2D eigenvalue weighted by atomic mass is 10.4. The largest absolute Gasteiger partial charge is 0.457 e. The Morgan fingerprint density at radius 3 is 2.90 bits per heavy atom. The summed E-state index contributed by atoms with van der Waals surface area (Å²) in [6.45, 7) is 0. The maximum absolute atomic E-state index is 10.5. The normalized spacial score (nSPS) is 9.30. The van der Waals surface area contributed by atoms with Crippen LogP contribution < -0.4 is 11.1 Å². The average Bonchev–Trinajstić information content (AvgIpc) is 2.33. The zero-order chi connectivity index (χ0) is 7.56. The Bertz CT molecular complexity index is 242. The van der Waals surface area contributed by atoms with E-state index in [1.165, 1.54) is 6.26 Å². The molecule has 0 spiro atoms. The Kier molecular flexibility index (Phi) is 1.62. The first kappa shape index (κ1) is 6.67. The Hall–Kier alpha value is -1.45. The molecule has 0 radical (unpaired) electrons. The van der Waals surface area contributed by atoms with Crippen molar-refractivity contribution in [2.75, 3.05) is 12.4 Å². The summed E-state index contributed by atoms with van der Waals surface area (Å²) in [5.41, 5.74) is 5.58. The molecular weight excluding hydrogens is 132 g/mol. The summed E-state index contributed by atoms with van der Waals surface area (Å²) in [5, 5.41) is 2.76. The number of primary amides is 1. The fourth-order valence-electron chi connectivity index (χ4n) is 0.697. The fraction of sp³-hybridized carbons (Fsp3) is 0.167. The number of carbonyl (C=O) groups is 1. The lowest BCUT2D eigenvalue weighted by Gasteiger charge is -1.94. The highest BCUT2D eigenvalue weighted by atomic mass is 16.3. The molecule has 1 aromatic heterocycles. The van der Waals surface area contributed by atoms with E-state index in [0.717, 1.165) is 0 Å². The van der Waals surface area contributed by atoms with Crippen molar-refractivity contribution in [1.29, 1.82) is 0 Å². The van der Waals surface area contributed by atoms with Crippen LogP contribution in [0.2, 0.25) is 0 Å². The minimum atomic E-state index is -0.561. The number of amides is 1. The lowest BCUT2D eigenvalue weighted by molar-refractivity contribution is 0.0975. The van der Waals surface area contributed by atoms with Crippen LogP contribution in [0.4, 0.5) is 5.69 Å². The van der Waals surface area contributed by atoms with E-state index in [1.807, 2.05) is 0 Å². The quantitative estimate of drug-likeness (QED) is 0.625. The number of hydrogen-bond acceptors (Lipinski definition) is 3. The monoisotopic (exact) mass is 140 g/mol. The standard InChI is InChI=1S/C6H8N2O2/c1-8-4-2-3-10-5(4)6(7)9/h2-3,8H,1H3,(H2,7,9). The minimum absolute atomic E-state index is 0.169. The van der Waals surface area contributed by atoms with Crippen LogP contribution in [0.1, 0.15) is 10.6 Å². The molecule has 1 aromatic rings. The van der Waals surface area contributed by atoms with Gasteiger partial charge in [0.05, 0.1) is 12.0 Å². The van der Waals surface area contributed by atoms with Crippen LogP contribution in [0.5, 0.6) is 0 Å². The molecule has 1 amide bonds. The summed E-state index contributed by atoms with van der Waals surface area (Å²) in [5.74, 6) is -0.392. The Morgan fingerprint density at radius 2 is 2.50 bits per heavy atom. The van der Waals surface area contributed by atoms with Gasteiger partial charge in [-0.15, -0.1) is 0 Å². The number of hydrogen-bond donors (Lipinski definition) is 2. The van der Waals surface area contributed by atoms with Gasteiger partial charge in [0.2, 0.25) is 5.76 Å². The Labute approximate surface area is 58.0 Å². The third kappa shape index (κ3) is 0.953. The zero-order valence-electron chi connectivity index (χ0n) is 5.55. The van der Waals surface area contributed by atoms with Crippen molar-refractivity contribution in [3.63, 3.8) is 0 Å². The van der Waals surface area contributed by atoms with Gasteiger partial charge in [0, 0.05) is 13.1 Å². The first-order valence-corrected chi connectivity index (χ1v) is 2.80. The van der Waals surface area contributed by atoms with Crippen molar-refractivity contribution in [1.82, 2.24) is 0 Å². The van der Waals surface area contributed by atoms with Crippen LogP contribution in [0.15, 0.2) is 16.7 Å². The van der Waals surface area contributed by atoms with Crippen LogP contribution in [-0.4, -0.2) is 13.0 Å². The highest BCUT2D eigenvalue weighted by Gasteiger charge is 2.08. The van der Waals surface area contributed by atoms with Crippen LogP contribution in [0, 0.1) is 0 Å². The lowest BCUT2D eigenvalue weighted by Crippen LogP contribution is -2.11. The van der Waals surface area contributed by atoms with E-state index in [-0.39, 0.29) is 5.76 Å². The third-order valence-corrected chi connectivity index (χ3v) is 1.16. The van der Waals surface area contributed by atoms with Crippen molar-refractivity contribution in [2.24, 2.45) is 5.73 Å². The smallest absolute Gasteiger partial charge is 0.286 e. The molecule has 54 valence electrons. The highest BCUT2D eigenvalue weighted by Crippen LogP contribution is 2.14. The summed E-state index contributed by atoms with van der Waals surface area (Å²) in [4.78, 5) is 10.5. The van der Waals surface area contributed by atoms with Crippen molar-refractivity contribution < 1.29 is 9.21 Å². The molecule has 4 heteroatoms. The van der Waals surface area contributed by atoms with Crippen molar-refractivity contribution in [3.05, 3.63) is 18.1 Å². The van der Waals surface area contributed by atoms with Gasteiger partial charge in [0.1, 0.15) is 0 Å². The Morgan fingerprint density at radius 1 is 1.80 bits per heavy atom. The topological polar surface area (TPSA) is 68.3 Å². The third-order valence-electron chi connectivity index (χ3n) is 1.16. The molecule has 0 aliphatic rings. The van der Waals surface area contributed by atoms with Gasteiger partial charge in [-0.05, 0) is 0 Å². The maximum Gasteiger partial charge on any atom is 0.286 e. The molecule has 0 saturated carbocycles. The molecule has 0 aromatic carbocycles. The maximum atomic E-state index is 10.5. The summed E-state index contributed by atoms with van der Waals surface area (Å²) in [6.07, 6.45) is 1.41. The van der Waals surface area contributed by atoms with E-state index in [4.69, 9.17) is 10.2 Å². The van der Waals surface area contributed by atoms with Gasteiger partial charge in [-0.25, -0.2) is 0 Å². The van der Waals surface area contributed by atoms with Gasteiger partial charge < -0.3 is 15.5 Å². The van der Waals surface area contributed by atoms with Gasteiger partial charge in [0.15, 0.2) is 0 Å². The van der Waals surface area contributed by atoms with E-state index in [1.54, 1.807) is 13.1 Å². The number of rotatable bonds is 2. The molecule has 0 aliphatic heterocycles. The molecule has 0 saturated heterocycles. The second-order valence-corrected chi connectivity index (χ2v) is 1.78. The minimum Gasteiger partial charge on any atom is -0.457 e. The Balaban J connectivity index is 3.01. The summed E-state index contributed by atoms with van der Waals surface area (Å²) in [7, 11) is 1.69. The van der Waals surface area contributed by atoms with Crippen molar-refractivity contribution >= 4 is 11.6 Å². The predicted octanol–water partition coefficient (Wildman–Crippen LogP) is 0.420. The summed E-state index contributed by atoms with van der Waals surface area (Å²) in [6, 6.07) is 1.64. The molecule has 0 bridgehead atoms. The molecule has 4 nitrogen and oxygen atoms in total. The first-order valence-electron chi connectivity index (χ1n) is 2.80. The van der Waals surface area contributed by atoms with Crippen LogP contribution in [-0.2, 0) is 0 Å². The molecule has 1 heterocycles. The average molecular weight is 140 g/mol. The predicted molar refractivity (Wildman–Crippen MR) is 36.8 cm³/mol. The number of nitrogens with one attached hydrogen (secondary N) is 1. The summed E-state index contributed by atoms with van der Waals surface area (Å²) >= 11 is 0. The van der Waals surface area contributed by atoms with E-state index in [0.29, 0.717) is 5.69 Å². The molecule has 0 fully saturated rings. The molecule has 0 unspecified atom stereocenters. The van der Waals surface area contributed by atoms with Gasteiger partial charge in [0.25, 0.3) is 5.91 Å². The molecule has 3 N–H and O–H groups in total. The second kappa shape index (κ2) is 2.43. The van der Waals surface area contributed by atoms with Gasteiger partial charge in [-0.1, -0.05) is 0 Å². The van der Waals surface area contributed by atoms with E-state index in [2.05, 4.69) is 5.32 Å². The molecule has 0 aliphatic carbocycles. The zero-order valence-corrected chi connectivity index (χ0v) is 5.55. The molecule has 1 rings (SSSR count). The van der Waals surface area contributed by atoms with Gasteiger partial charge in [-0.3, -0.25) is 4.79 Å². The van der Waals surface area contributed by atoms with Crippen molar-refractivity contribution in [3.8, 4) is 0 Å². The van der Waals surface area contributed by atoms with E-state index < -0.39 is 5.91 Å². The number of furan rings is 1. The number of anilines is 1. The van der Waals surface area contributed by atoms with Gasteiger partial charge in [-0.2, -0.15) is 0 Å². The summed E-state index contributed by atoms with van der Waals surface area (Å²) < 4.78 is 4.78. The molecule has 0 atom stereocenters. The highest BCUT2D eigenvalue weighted by molar-refractivity contribution is 5.95. The van der Waals surface area contributed by atoms with Crippen LogP contribution >= 0.6 is 0 Å². The first-order chi connectivity index (χ1) is 4.75. The van der Waals surface area contributed by atoms with Crippen LogP contribution in [0.3, 0.4) is 0 Å². The number of nitrogens with two attached hydrogens (primary N) is 1. The SMILES string of the molecule is CNc1ccoc1C(N)=O. The molecular formula is C6H8N2O2.